The smallest absolute Gasteiger partial charge is 0.319 e. The van der Waals surface area contributed by atoms with Gasteiger partial charge in [-0.1, -0.05) is 6.92 Å². The number of halogens is 2. The molecular weight excluding hydrogens is 242 g/mol. The van der Waals surface area contributed by atoms with Crippen molar-refractivity contribution in [3.8, 4) is 0 Å². The Hall–Kier alpha value is -1.69. The van der Waals surface area contributed by atoms with Gasteiger partial charge in [-0.05, 0) is 25.0 Å². The molecule has 100 valence electrons. The monoisotopic (exact) mass is 258 g/mol. The molecule has 0 heterocycles. The zero-order valence-electron chi connectivity index (χ0n) is 10.2. The van der Waals surface area contributed by atoms with Crippen LogP contribution in [0.15, 0.2) is 18.2 Å². The molecule has 1 rings (SSSR count). The molecule has 2 unspecified atom stereocenters. The lowest BCUT2D eigenvalue weighted by atomic mass is 10.1. The lowest BCUT2D eigenvalue weighted by Crippen LogP contribution is -2.40. The maximum atomic E-state index is 12.9. The minimum atomic E-state index is -0.762. The predicted molar refractivity (Wildman–Crippen MR) is 64.2 cm³/mol. The lowest BCUT2D eigenvalue weighted by molar-refractivity contribution is 0.204. The van der Waals surface area contributed by atoms with Gasteiger partial charge in [-0.25, -0.2) is 13.6 Å². The fourth-order valence-corrected chi connectivity index (χ4v) is 1.30. The summed E-state index contributed by atoms with van der Waals surface area (Å²) in [7, 11) is 0. The summed E-state index contributed by atoms with van der Waals surface area (Å²) in [5, 5.41) is 13.8. The molecule has 1 aromatic rings. The number of aliphatic hydroxyl groups excluding tert-OH is 1. The molecule has 2 atom stereocenters. The SMILES string of the molecule is CC(CO)C(C)NC(=O)Nc1cc(F)cc(F)c1. The molecule has 0 aliphatic rings. The van der Waals surface area contributed by atoms with E-state index in [1.54, 1.807) is 13.8 Å². The van der Waals surface area contributed by atoms with Crippen molar-refractivity contribution < 1.29 is 18.7 Å². The summed E-state index contributed by atoms with van der Waals surface area (Å²) in [5.74, 6) is -1.64. The number of hydrogen-bond acceptors (Lipinski definition) is 2. The van der Waals surface area contributed by atoms with Crippen LogP contribution in [0.5, 0.6) is 0 Å². The zero-order valence-corrected chi connectivity index (χ0v) is 10.2. The van der Waals surface area contributed by atoms with Crippen LogP contribution >= 0.6 is 0 Å². The fourth-order valence-electron chi connectivity index (χ4n) is 1.30. The van der Waals surface area contributed by atoms with Gasteiger partial charge in [0.15, 0.2) is 0 Å². The number of benzene rings is 1. The van der Waals surface area contributed by atoms with Crippen LogP contribution in [0.25, 0.3) is 0 Å². The van der Waals surface area contributed by atoms with E-state index in [1.807, 2.05) is 0 Å². The minimum Gasteiger partial charge on any atom is -0.396 e. The number of urea groups is 1. The van der Waals surface area contributed by atoms with Crippen molar-refractivity contribution in [3.63, 3.8) is 0 Å². The van der Waals surface area contributed by atoms with E-state index in [0.29, 0.717) is 0 Å². The standard InChI is InChI=1S/C12H16F2N2O2/c1-7(6-17)8(2)15-12(18)16-11-4-9(13)3-10(14)5-11/h3-5,7-8,17H,6H2,1-2H3,(H2,15,16,18). The normalized spacial score (nSPS) is 13.8. The average molecular weight is 258 g/mol. The van der Waals surface area contributed by atoms with Crippen molar-refractivity contribution in [2.75, 3.05) is 11.9 Å². The van der Waals surface area contributed by atoms with Crippen LogP contribution in [-0.4, -0.2) is 23.8 Å². The summed E-state index contributed by atoms with van der Waals surface area (Å²) < 4.78 is 25.8. The van der Waals surface area contributed by atoms with Gasteiger partial charge in [0.1, 0.15) is 11.6 Å². The Labute approximate surface area is 104 Å². The molecule has 0 radical (unpaired) electrons. The molecule has 6 heteroatoms. The van der Waals surface area contributed by atoms with Crippen molar-refractivity contribution in [1.29, 1.82) is 0 Å². The maximum Gasteiger partial charge on any atom is 0.319 e. The van der Waals surface area contributed by atoms with Gasteiger partial charge in [0.05, 0.1) is 0 Å². The number of amides is 2. The van der Waals surface area contributed by atoms with Gasteiger partial charge in [0.25, 0.3) is 0 Å². The summed E-state index contributed by atoms with van der Waals surface area (Å²) in [5.41, 5.74) is 0.0360. The number of carbonyl (C=O) groups is 1. The highest BCUT2D eigenvalue weighted by molar-refractivity contribution is 5.89. The zero-order chi connectivity index (χ0) is 13.7. The molecule has 0 saturated carbocycles. The van der Waals surface area contributed by atoms with E-state index in [1.165, 1.54) is 0 Å². The second-order valence-electron chi connectivity index (χ2n) is 4.21. The number of aliphatic hydroxyl groups is 1. The first-order valence-corrected chi connectivity index (χ1v) is 5.57. The van der Waals surface area contributed by atoms with E-state index < -0.39 is 17.7 Å². The predicted octanol–water partition coefficient (Wildman–Crippen LogP) is 2.10. The van der Waals surface area contributed by atoms with Crippen LogP contribution in [0.3, 0.4) is 0 Å². The molecule has 0 bridgehead atoms. The molecule has 1 aromatic carbocycles. The average Bonchev–Trinajstić information content (AvgIpc) is 2.25. The summed E-state index contributed by atoms with van der Waals surface area (Å²) in [6.07, 6.45) is 0. The first-order chi connectivity index (χ1) is 8.42. The van der Waals surface area contributed by atoms with Crippen molar-refractivity contribution >= 4 is 11.7 Å². The Morgan fingerprint density at radius 1 is 1.28 bits per heavy atom. The highest BCUT2D eigenvalue weighted by Crippen LogP contribution is 2.12. The Bertz CT molecular complexity index is 406. The molecular formula is C12H16F2N2O2. The van der Waals surface area contributed by atoms with E-state index in [0.717, 1.165) is 18.2 Å². The third-order valence-electron chi connectivity index (χ3n) is 2.62. The lowest BCUT2D eigenvalue weighted by Gasteiger charge is -2.19. The molecule has 2 amide bonds. The summed E-state index contributed by atoms with van der Waals surface area (Å²) in [6.45, 7) is 3.44. The molecule has 0 aliphatic carbocycles. The van der Waals surface area contributed by atoms with Crippen molar-refractivity contribution in [1.82, 2.24) is 5.32 Å². The van der Waals surface area contributed by atoms with Crippen LogP contribution in [0.1, 0.15) is 13.8 Å². The Morgan fingerprint density at radius 3 is 2.33 bits per heavy atom. The van der Waals surface area contributed by atoms with E-state index in [2.05, 4.69) is 10.6 Å². The molecule has 3 N–H and O–H groups in total. The largest absolute Gasteiger partial charge is 0.396 e. The highest BCUT2D eigenvalue weighted by Gasteiger charge is 2.14. The quantitative estimate of drug-likeness (QED) is 0.774. The van der Waals surface area contributed by atoms with E-state index in [9.17, 15) is 13.6 Å². The summed E-state index contributed by atoms with van der Waals surface area (Å²) in [4.78, 5) is 11.5. The fraction of sp³-hybridized carbons (Fsp3) is 0.417. The second-order valence-corrected chi connectivity index (χ2v) is 4.21. The maximum absolute atomic E-state index is 12.9. The van der Waals surface area contributed by atoms with Crippen LogP contribution in [-0.2, 0) is 0 Å². The van der Waals surface area contributed by atoms with Crippen molar-refractivity contribution in [2.45, 2.75) is 19.9 Å². The first-order valence-electron chi connectivity index (χ1n) is 5.57. The third kappa shape index (κ3) is 4.29. The topological polar surface area (TPSA) is 61.4 Å². The number of anilines is 1. The van der Waals surface area contributed by atoms with Gasteiger partial charge in [0, 0.05) is 24.4 Å². The van der Waals surface area contributed by atoms with Crippen LogP contribution in [0.4, 0.5) is 19.3 Å². The molecule has 0 saturated heterocycles. The molecule has 0 fully saturated rings. The Kier molecular flexibility index (Phi) is 5.03. The summed E-state index contributed by atoms with van der Waals surface area (Å²) >= 11 is 0. The first kappa shape index (κ1) is 14.4. The molecule has 0 aromatic heterocycles. The number of hydrogen-bond donors (Lipinski definition) is 3. The molecule has 0 aliphatic heterocycles. The van der Waals surface area contributed by atoms with Gasteiger partial charge in [-0.3, -0.25) is 0 Å². The van der Waals surface area contributed by atoms with E-state index in [-0.39, 0.29) is 24.3 Å². The van der Waals surface area contributed by atoms with Gasteiger partial charge >= 0.3 is 6.03 Å². The van der Waals surface area contributed by atoms with E-state index >= 15 is 0 Å². The van der Waals surface area contributed by atoms with Gasteiger partial charge in [-0.15, -0.1) is 0 Å². The minimum absolute atomic E-state index is 0.0360. The second kappa shape index (κ2) is 6.30. The molecule has 0 spiro atoms. The van der Waals surface area contributed by atoms with Crippen LogP contribution in [0, 0.1) is 17.6 Å². The Balaban J connectivity index is 2.59. The molecule has 18 heavy (non-hydrogen) atoms. The molecule has 4 nitrogen and oxygen atoms in total. The third-order valence-corrected chi connectivity index (χ3v) is 2.62. The summed E-state index contributed by atoms with van der Waals surface area (Å²) in [6, 6.07) is 1.92. The van der Waals surface area contributed by atoms with Crippen molar-refractivity contribution in [3.05, 3.63) is 29.8 Å². The van der Waals surface area contributed by atoms with Crippen molar-refractivity contribution in [2.24, 2.45) is 5.92 Å². The van der Waals surface area contributed by atoms with Crippen LogP contribution < -0.4 is 10.6 Å². The number of carbonyl (C=O) groups excluding carboxylic acids is 1. The van der Waals surface area contributed by atoms with E-state index in [4.69, 9.17) is 5.11 Å². The number of rotatable bonds is 4. The van der Waals surface area contributed by atoms with Gasteiger partial charge in [-0.2, -0.15) is 0 Å². The number of nitrogens with one attached hydrogen (secondary N) is 2. The van der Waals surface area contributed by atoms with Gasteiger partial charge in [0.2, 0.25) is 0 Å². The van der Waals surface area contributed by atoms with Crippen LogP contribution in [0.2, 0.25) is 0 Å². The Morgan fingerprint density at radius 2 is 1.83 bits per heavy atom. The van der Waals surface area contributed by atoms with Gasteiger partial charge < -0.3 is 15.7 Å². The highest BCUT2D eigenvalue weighted by atomic mass is 19.1.